The van der Waals surface area contributed by atoms with Crippen LogP contribution in [0, 0.1) is 12.3 Å². The number of likely N-dealkylation sites (tertiary alicyclic amines) is 1. The maximum atomic E-state index is 5.29. The molecule has 1 aliphatic rings. The van der Waals surface area contributed by atoms with E-state index in [1.165, 1.54) is 0 Å². The van der Waals surface area contributed by atoms with E-state index in [9.17, 15) is 0 Å². The second-order valence-corrected chi connectivity index (χ2v) is 4.77. The number of rotatable bonds is 2. The molecule has 0 radical (unpaired) electrons. The maximum Gasteiger partial charge on any atom is 0.0632 e. The van der Waals surface area contributed by atoms with Crippen LogP contribution >= 0.6 is 15.9 Å². The third kappa shape index (κ3) is 2.61. The fourth-order valence-corrected chi connectivity index (χ4v) is 2.29. The number of nitrogens with zero attached hydrogens (tertiary/aromatic N) is 3. The van der Waals surface area contributed by atoms with Crippen molar-refractivity contribution in [2.75, 3.05) is 19.6 Å². The molecule has 1 aromatic rings. The van der Waals surface area contributed by atoms with Gasteiger partial charge >= 0.3 is 0 Å². The minimum Gasteiger partial charge on any atom is -0.292 e. The van der Waals surface area contributed by atoms with Crippen molar-refractivity contribution >= 4 is 15.9 Å². The lowest BCUT2D eigenvalue weighted by Crippen LogP contribution is -2.34. The van der Waals surface area contributed by atoms with Crippen LogP contribution in [0.2, 0.25) is 0 Å². The van der Waals surface area contributed by atoms with Crippen LogP contribution in [0.25, 0.3) is 0 Å². The largest absolute Gasteiger partial charge is 0.292 e. The van der Waals surface area contributed by atoms with Crippen LogP contribution in [-0.4, -0.2) is 34.3 Å². The van der Waals surface area contributed by atoms with Crippen molar-refractivity contribution in [1.82, 2.24) is 14.7 Å². The number of terminal acetylenes is 1. The topological polar surface area (TPSA) is 21.1 Å². The lowest BCUT2D eigenvalue weighted by atomic mass is 10.1. The monoisotopic (exact) mass is 267 g/mol. The standard InChI is InChI=1S/C11H14BrN3/c1-2-5-14-6-3-11(4-7-14)15-9-10(12)8-13-15/h1,8-9,11H,3-7H2. The van der Waals surface area contributed by atoms with Gasteiger partial charge in [-0.15, -0.1) is 6.42 Å². The molecule has 2 rings (SSSR count). The van der Waals surface area contributed by atoms with Crippen LogP contribution in [0.4, 0.5) is 0 Å². The molecular formula is C11H14BrN3. The maximum absolute atomic E-state index is 5.29. The predicted octanol–water partition coefficient (Wildman–Crippen LogP) is 1.92. The molecule has 1 fully saturated rings. The number of hydrogen-bond acceptors (Lipinski definition) is 2. The molecule has 1 saturated heterocycles. The second kappa shape index (κ2) is 4.82. The summed E-state index contributed by atoms with van der Waals surface area (Å²) >= 11 is 3.42. The van der Waals surface area contributed by atoms with E-state index < -0.39 is 0 Å². The number of hydrogen-bond donors (Lipinski definition) is 0. The smallest absolute Gasteiger partial charge is 0.0632 e. The summed E-state index contributed by atoms with van der Waals surface area (Å²) in [6.45, 7) is 2.92. The van der Waals surface area contributed by atoms with Crippen LogP contribution in [0.15, 0.2) is 16.9 Å². The van der Waals surface area contributed by atoms with E-state index in [4.69, 9.17) is 6.42 Å². The molecule has 0 amide bonds. The van der Waals surface area contributed by atoms with Gasteiger partial charge in [-0.25, -0.2) is 0 Å². The molecule has 0 N–H and O–H groups in total. The van der Waals surface area contributed by atoms with Crippen LogP contribution in [0.1, 0.15) is 18.9 Å². The summed E-state index contributed by atoms with van der Waals surface area (Å²) in [6.07, 6.45) is 11.4. The number of piperidine rings is 1. The van der Waals surface area contributed by atoms with Gasteiger partial charge < -0.3 is 0 Å². The molecule has 3 nitrogen and oxygen atoms in total. The Morgan fingerprint density at radius 3 is 2.80 bits per heavy atom. The summed E-state index contributed by atoms with van der Waals surface area (Å²) in [7, 11) is 0. The van der Waals surface area contributed by atoms with Gasteiger partial charge in [0, 0.05) is 19.3 Å². The molecule has 0 aromatic carbocycles. The Hall–Kier alpha value is -0.790. The van der Waals surface area contributed by atoms with Gasteiger partial charge in [-0.3, -0.25) is 9.58 Å². The van der Waals surface area contributed by atoms with Crippen molar-refractivity contribution in [1.29, 1.82) is 0 Å². The zero-order valence-corrected chi connectivity index (χ0v) is 10.2. The summed E-state index contributed by atoms with van der Waals surface area (Å²) in [4.78, 5) is 2.31. The Kier molecular flexibility index (Phi) is 3.45. The molecule has 15 heavy (non-hydrogen) atoms. The van der Waals surface area contributed by atoms with E-state index >= 15 is 0 Å². The van der Waals surface area contributed by atoms with E-state index in [-0.39, 0.29) is 0 Å². The van der Waals surface area contributed by atoms with E-state index in [0.717, 1.165) is 36.9 Å². The summed E-state index contributed by atoms with van der Waals surface area (Å²) in [5.74, 6) is 2.69. The lowest BCUT2D eigenvalue weighted by Gasteiger charge is -2.30. The van der Waals surface area contributed by atoms with Crippen LogP contribution in [-0.2, 0) is 0 Å². The van der Waals surface area contributed by atoms with Gasteiger partial charge in [0.05, 0.1) is 23.3 Å². The molecular weight excluding hydrogens is 254 g/mol. The Balaban J connectivity index is 1.91. The number of aromatic nitrogens is 2. The third-order valence-corrected chi connectivity index (χ3v) is 3.23. The summed E-state index contributed by atoms with van der Waals surface area (Å²) < 4.78 is 3.10. The van der Waals surface area contributed by atoms with Crippen molar-refractivity contribution in [2.45, 2.75) is 18.9 Å². The lowest BCUT2D eigenvalue weighted by molar-refractivity contribution is 0.197. The van der Waals surface area contributed by atoms with E-state index in [0.29, 0.717) is 6.04 Å². The van der Waals surface area contributed by atoms with Crippen molar-refractivity contribution in [3.8, 4) is 12.3 Å². The molecule has 0 bridgehead atoms. The Bertz CT molecular complexity index is 358. The van der Waals surface area contributed by atoms with Crippen LogP contribution in [0.5, 0.6) is 0 Å². The minimum absolute atomic E-state index is 0.533. The molecule has 0 atom stereocenters. The van der Waals surface area contributed by atoms with Crippen LogP contribution in [0.3, 0.4) is 0 Å². The fourth-order valence-electron chi connectivity index (χ4n) is 1.99. The zero-order chi connectivity index (χ0) is 10.7. The molecule has 4 heteroatoms. The first-order valence-electron chi connectivity index (χ1n) is 5.15. The van der Waals surface area contributed by atoms with Gasteiger partial charge in [0.2, 0.25) is 0 Å². The second-order valence-electron chi connectivity index (χ2n) is 3.85. The highest BCUT2D eigenvalue weighted by molar-refractivity contribution is 9.10. The minimum atomic E-state index is 0.533. The van der Waals surface area contributed by atoms with Gasteiger partial charge in [-0.2, -0.15) is 5.10 Å². The van der Waals surface area contributed by atoms with Crippen LogP contribution < -0.4 is 0 Å². The van der Waals surface area contributed by atoms with Gasteiger partial charge in [0.1, 0.15) is 0 Å². The van der Waals surface area contributed by atoms with Gasteiger partial charge in [0.15, 0.2) is 0 Å². The molecule has 0 spiro atoms. The van der Waals surface area contributed by atoms with Crippen molar-refractivity contribution in [3.05, 3.63) is 16.9 Å². The van der Waals surface area contributed by atoms with E-state index in [1.807, 2.05) is 12.4 Å². The highest BCUT2D eigenvalue weighted by atomic mass is 79.9. The Morgan fingerprint density at radius 2 is 2.27 bits per heavy atom. The first-order chi connectivity index (χ1) is 7.29. The summed E-state index contributed by atoms with van der Waals surface area (Å²) in [5.41, 5.74) is 0. The average molecular weight is 268 g/mol. The molecule has 0 unspecified atom stereocenters. The molecule has 1 aliphatic heterocycles. The molecule has 80 valence electrons. The number of halogens is 1. The van der Waals surface area contributed by atoms with Gasteiger partial charge in [-0.1, -0.05) is 5.92 Å². The molecule has 2 heterocycles. The first-order valence-corrected chi connectivity index (χ1v) is 5.94. The van der Waals surface area contributed by atoms with Gasteiger partial charge in [0.25, 0.3) is 0 Å². The molecule has 0 aliphatic carbocycles. The summed E-state index contributed by atoms with van der Waals surface area (Å²) in [5, 5.41) is 4.32. The SMILES string of the molecule is C#CCN1CCC(n2cc(Br)cn2)CC1. The molecule has 1 aromatic heterocycles. The fraction of sp³-hybridized carbons (Fsp3) is 0.545. The first kappa shape index (κ1) is 10.7. The molecule has 0 saturated carbocycles. The zero-order valence-electron chi connectivity index (χ0n) is 8.56. The van der Waals surface area contributed by atoms with Gasteiger partial charge in [-0.05, 0) is 28.8 Å². The Morgan fingerprint density at radius 1 is 1.53 bits per heavy atom. The van der Waals surface area contributed by atoms with E-state index in [2.05, 4.69) is 36.5 Å². The summed E-state index contributed by atoms with van der Waals surface area (Å²) in [6, 6.07) is 0.533. The van der Waals surface area contributed by atoms with Crippen molar-refractivity contribution < 1.29 is 0 Å². The van der Waals surface area contributed by atoms with Crippen molar-refractivity contribution in [2.24, 2.45) is 0 Å². The predicted molar refractivity (Wildman–Crippen MR) is 63.5 cm³/mol. The highest BCUT2D eigenvalue weighted by Gasteiger charge is 2.20. The quantitative estimate of drug-likeness (QED) is 0.764. The van der Waals surface area contributed by atoms with Crippen molar-refractivity contribution in [3.63, 3.8) is 0 Å². The Labute approximate surface area is 98.6 Å². The normalized spacial score (nSPS) is 18.9. The third-order valence-electron chi connectivity index (χ3n) is 2.82. The highest BCUT2D eigenvalue weighted by Crippen LogP contribution is 2.22. The van der Waals surface area contributed by atoms with E-state index in [1.54, 1.807) is 0 Å². The average Bonchev–Trinajstić information content (AvgIpc) is 2.67.